The number of aryl methyl sites for hydroxylation is 1. The number of carbonyl (C=O) groups is 3. The molecule has 1 saturated heterocycles. The summed E-state index contributed by atoms with van der Waals surface area (Å²) < 4.78 is 0.952. The molecule has 7 heteroatoms. The zero-order valence-corrected chi connectivity index (χ0v) is 16.0. The van der Waals surface area contributed by atoms with Gasteiger partial charge >= 0.3 is 6.03 Å². The van der Waals surface area contributed by atoms with E-state index >= 15 is 0 Å². The van der Waals surface area contributed by atoms with E-state index in [0.29, 0.717) is 12.1 Å². The maximum Gasteiger partial charge on any atom is 0.325 e. The van der Waals surface area contributed by atoms with Crippen molar-refractivity contribution in [1.82, 2.24) is 10.2 Å². The molecular weight excluding hydrogens is 386 g/mol. The monoisotopic (exact) mass is 407 g/mol. The van der Waals surface area contributed by atoms with Gasteiger partial charge < -0.3 is 10.6 Å². The number of rotatable bonds is 3. The number of hydrogen-bond donors (Lipinski definition) is 2. The van der Waals surface area contributed by atoms with Crippen LogP contribution in [0.5, 0.6) is 0 Å². The predicted molar refractivity (Wildman–Crippen MR) is 98.1 cm³/mol. The van der Waals surface area contributed by atoms with Gasteiger partial charge in [0.2, 0.25) is 5.91 Å². The molecule has 1 aliphatic heterocycles. The molecule has 2 N–H and O–H groups in total. The summed E-state index contributed by atoms with van der Waals surface area (Å²) in [7, 11) is 0. The third-order valence-corrected chi connectivity index (χ3v) is 6.13. The second-order valence-electron chi connectivity index (χ2n) is 6.95. The lowest BCUT2D eigenvalue weighted by Gasteiger charge is -2.36. The van der Waals surface area contributed by atoms with Gasteiger partial charge in [-0.15, -0.1) is 0 Å². The Kier molecular flexibility index (Phi) is 4.86. The maximum atomic E-state index is 12.8. The topological polar surface area (TPSA) is 78.5 Å². The van der Waals surface area contributed by atoms with Gasteiger partial charge in [-0.2, -0.15) is 0 Å². The quantitative estimate of drug-likeness (QED) is 0.755. The highest BCUT2D eigenvalue weighted by atomic mass is 79.9. The molecule has 0 bridgehead atoms. The van der Waals surface area contributed by atoms with Gasteiger partial charge in [0, 0.05) is 10.2 Å². The van der Waals surface area contributed by atoms with E-state index in [4.69, 9.17) is 0 Å². The van der Waals surface area contributed by atoms with E-state index in [1.165, 1.54) is 0 Å². The van der Waals surface area contributed by atoms with Crippen LogP contribution in [0.3, 0.4) is 0 Å². The van der Waals surface area contributed by atoms with Gasteiger partial charge in [-0.25, -0.2) is 4.79 Å². The molecule has 134 valence electrons. The van der Waals surface area contributed by atoms with E-state index in [9.17, 15) is 14.4 Å². The molecule has 6 nitrogen and oxygen atoms in total. The summed E-state index contributed by atoms with van der Waals surface area (Å²) in [5.41, 5.74) is 0.797. The molecule has 1 aromatic rings. The summed E-state index contributed by atoms with van der Waals surface area (Å²) >= 11 is 3.41. The first-order valence-electron chi connectivity index (χ1n) is 8.53. The molecular formula is C18H22BrN3O3. The summed E-state index contributed by atoms with van der Waals surface area (Å²) in [5, 5.41) is 5.60. The normalized spacial score (nSPS) is 26.0. The molecule has 1 heterocycles. The van der Waals surface area contributed by atoms with E-state index in [2.05, 4.69) is 26.6 Å². The Hall–Kier alpha value is -1.89. The van der Waals surface area contributed by atoms with Gasteiger partial charge in [0.05, 0.1) is 0 Å². The van der Waals surface area contributed by atoms with Crippen LogP contribution < -0.4 is 10.6 Å². The van der Waals surface area contributed by atoms with Gasteiger partial charge in [-0.3, -0.25) is 14.5 Å². The molecule has 2 aliphatic rings. The number of anilines is 1. The summed E-state index contributed by atoms with van der Waals surface area (Å²) in [6.07, 6.45) is 3.52. The highest BCUT2D eigenvalue weighted by molar-refractivity contribution is 9.10. The number of carbonyl (C=O) groups excluding carboxylic acids is 3. The minimum Gasteiger partial charge on any atom is -0.325 e. The highest BCUT2D eigenvalue weighted by Crippen LogP contribution is 2.38. The lowest BCUT2D eigenvalue weighted by molar-refractivity contribution is -0.136. The Morgan fingerprint density at radius 1 is 1.40 bits per heavy atom. The van der Waals surface area contributed by atoms with Crippen molar-refractivity contribution in [3.05, 3.63) is 28.2 Å². The summed E-state index contributed by atoms with van der Waals surface area (Å²) in [6.45, 7) is 3.64. The van der Waals surface area contributed by atoms with Gasteiger partial charge in [0.1, 0.15) is 12.1 Å². The van der Waals surface area contributed by atoms with Crippen LogP contribution in [0.2, 0.25) is 0 Å². The average molecular weight is 408 g/mol. The first kappa shape index (κ1) is 17.9. The van der Waals surface area contributed by atoms with E-state index in [-0.39, 0.29) is 24.3 Å². The number of imide groups is 1. The van der Waals surface area contributed by atoms with Crippen molar-refractivity contribution in [3.8, 4) is 0 Å². The number of urea groups is 1. The minimum absolute atomic E-state index is 0.0832. The fourth-order valence-corrected chi connectivity index (χ4v) is 3.95. The Labute approximate surface area is 155 Å². The standard InChI is InChI=1S/C18H22BrN3O3/c1-11-9-13(6-7-14(11)19)20-15(23)10-22-16(24)18(21-17(22)25)8-4-3-5-12(18)2/h6-7,9,12H,3-5,8,10H2,1-2H3,(H,20,23)(H,21,25)/t12-,18+/m0/s1. The van der Waals surface area contributed by atoms with Gasteiger partial charge in [0.15, 0.2) is 0 Å². The smallest absolute Gasteiger partial charge is 0.325 e. The molecule has 1 saturated carbocycles. The Morgan fingerprint density at radius 2 is 2.16 bits per heavy atom. The number of nitrogens with one attached hydrogen (secondary N) is 2. The molecule has 2 fully saturated rings. The van der Waals surface area contributed by atoms with Gasteiger partial charge in [-0.1, -0.05) is 35.7 Å². The molecule has 25 heavy (non-hydrogen) atoms. The van der Waals surface area contributed by atoms with Crippen LogP contribution in [0, 0.1) is 12.8 Å². The van der Waals surface area contributed by atoms with E-state index in [0.717, 1.165) is 34.2 Å². The van der Waals surface area contributed by atoms with Crippen LogP contribution in [-0.4, -0.2) is 34.8 Å². The summed E-state index contributed by atoms with van der Waals surface area (Å²) in [6, 6.07) is 4.97. The number of nitrogens with zero attached hydrogens (tertiary/aromatic N) is 1. The van der Waals surface area contributed by atoms with Crippen LogP contribution in [0.25, 0.3) is 0 Å². The predicted octanol–water partition coefficient (Wildman–Crippen LogP) is 3.20. The minimum atomic E-state index is -0.830. The van der Waals surface area contributed by atoms with Crippen LogP contribution >= 0.6 is 15.9 Å². The van der Waals surface area contributed by atoms with Crippen molar-refractivity contribution >= 4 is 39.5 Å². The number of halogens is 1. The fourth-order valence-electron chi connectivity index (χ4n) is 3.71. The third kappa shape index (κ3) is 3.29. The maximum absolute atomic E-state index is 12.8. The largest absolute Gasteiger partial charge is 0.325 e. The second-order valence-corrected chi connectivity index (χ2v) is 7.81. The zero-order chi connectivity index (χ0) is 18.2. The molecule has 0 unspecified atom stereocenters. The lowest BCUT2D eigenvalue weighted by Crippen LogP contribution is -2.54. The molecule has 1 spiro atoms. The zero-order valence-electron chi connectivity index (χ0n) is 14.4. The lowest BCUT2D eigenvalue weighted by atomic mass is 9.73. The second kappa shape index (κ2) is 6.78. The molecule has 3 rings (SSSR count). The first-order valence-corrected chi connectivity index (χ1v) is 9.33. The Morgan fingerprint density at radius 3 is 2.84 bits per heavy atom. The van der Waals surface area contributed by atoms with Crippen LogP contribution in [-0.2, 0) is 9.59 Å². The van der Waals surface area contributed by atoms with E-state index in [1.807, 2.05) is 26.0 Å². The summed E-state index contributed by atoms with van der Waals surface area (Å²) in [4.78, 5) is 38.5. The first-order chi connectivity index (χ1) is 11.8. The molecule has 4 amide bonds. The van der Waals surface area contributed by atoms with Crippen LogP contribution in [0.15, 0.2) is 22.7 Å². The van der Waals surface area contributed by atoms with Crippen LogP contribution in [0.1, 0.15) is 38.2 Å². The Bertz CT molecular complexity index is 736. The van der Waals surface area contributed by atoms with Crippen LogP contribution in [0.4, 0.5) is 10.5 Å². The van der Waals surface area contributed by atoms with Crippen molar-refractivity contribution in [2.75, 3.05) is 11.9 Å². The van der Waals surface area contributed by atoms with Gasteiger partial charge in [0.25, 0.3) is 5.91 Å². The van der Waals surface area contributed by atoms with Crippen molar-refractivity contribution in [3.63, 3.8) is 0 Å². The van der Waals surface area contributed by atoms with Crippen molar-refractivity contribution in [1.29, 1.82) is 0 Å². The number of amides is 4. The van der Waals surface area contributed by atoms with E-state index < -0.39 is 11.6 Å². The summed E-state index contributed by atoms with van der Waals surface area (Å²) in [5.74, 6) is -0.572. The Balaban J connectivity index is 1.69. The average Bonchev–Trinajstić information content (AvgIpc) is 2.79. The van der Waals surface area contributed by atoms with Crippen molar-refractivity contribution in [2.45, 2.75) is 45.1 Å². The van der Waals surface area contributed by atoms with Crippen molar-refractivity contribution in [2.24, 2.45) is 5.92 Å². The van der Waals surface area contributed by atoms with E-state index in [1.54, 1.807) is 6.07 Å². The number of hydrogen-bond acceptors (Lipinski definition) is 3. The number of benzene rings is 1. The molecule has 2 atom stereocenters. The van der Waals surface area contributed by atoms with Gasteiger partial charge in [-0.05, 0) is 49.4 Å². The highest BCUT2D eigenvalue weighted by Gasteiger charge is 2.55. The molecule has 0 aromatic heterocycles. The third-order valence-electron chi connectivity index (χ3n) is 5.24. The molecule has 0 radical (unpaired) electrons. The molecule has 1 aromatic carbocycles. The SMILES string of the molecule is Cc1cc(NC(=O)CN2C(=O)N[C@@]3(CCCC[C@@H]3C)C2=O)ccc1Br. The molecule has 1 aliphatic carbocycles. The fraction of sp³-hybridized carbons (Fsp3) is 0.500. The van der Waals surface area contributed by atoms with Crippen molar-refractivity contribution < 1.29 is 14.4 Å².